The molecule has 1 aliphatic carbocycles. The highest BCUT2D eigenvalue weighted by Gasteiger charge is 2.58. The van der Waals surface area contributed by atoms with Gasteiger partial charge in [0.25, 0.3) is 0 Å². The lowest BCUT2D eigenvalue weighted by atomic mass is 9.78. The summed E-state index contributed by atoms with van der Waals surface area (Å²) in [6.07, 6.45) is -3.26. The van der Waals surface area contributed by atoms with Crippen molar-refractivity contribution in [3.8, 4) is 0 Å². The maximum absolute atomic E-state index is 14.7. The number of aryl methyl sites for hydroxylation is 1. The first-order valence-corrected chi connectivity index (χ1v) is 11.8. The first-order valence-electron chi connectivity index (χ1n) is 11.0. The van der Waals surface area contributed by atoms with E-state index in [-0.39, 0.29) is 30.5 Å². The Morgan fingerprint density at radius 2 is 1.94 bits per heavy atom. The molecule has 7 nitrogen and oxygen atoms in total. The number of rotatable bonds is 5. The number of hydrogen-bond acceptors (Lipinski definition) is 6. The third-order valence-corrected chi connectivity index (χ3v) is 7.78. The van der Waals surface area contributed by atoms with E-state index >= 15 is 0 Å². The van der Waals surface area contributed by atoms with E-state index in [1.165, 1.54) is 18.3 Å². The molecule has 0 saturated heterocycles. The highest BCUT2D eigenvalue weighted by Crippen LogP contribution is 2.52. The van der Waals surface area contributed by atoms with Crippen molar-refractivity contribution in [2.24, 2.45) is 5.41 Å². The van der Waals surface area contributed by atoms with Crippen molar-refractivity contribution in [3.05, 3.63) is 58.6 Å². The Hall–Kier alpha value is -2.89. The first-order chi connectivity index (χ1) is 16.6. The molecule has 0 bridgehead atoms. The summed E-state index contributed by atoms with van der Waals surface area (Å²) < 4.78 is 45.8. The van der Waals surface area contributed by atoms with E-state index in [2.05, 4.69) is 25.9 Å². The fourth-order valence-corrected chi connectivity index (χ4v) is 5.48. The van der Waals surface area contributed by atoms with E-state index in [9.17, 15) is 23.4 Å². The molecule has 0 amide bonds. The third kappa shape index (κ3) is 3.82. The number of anilines is 2. The molecule has 4 atom stereocenters. The molecule has 1 aromatic carbocycles. The van der Waals surface area contributed by atoms with Crippen LogP contribution in [0.4, 0.5) is 24.7 Å². The maximum atomic E-state index is 14.7. The number of fused-ring (bicyclic) bond motifs is 2. The number of nitrogens with zero attached hydrogens (tertiary/aromatic N) is 3. The molecule has 1 aliphatic rings. The molecule has 1 saturated carbocycles. The van der Waals surface area contributed by atoms with Gasteiger partial charge in [0.15, 0.2) is 0 Å². The topological polar surface area (TPSA) is 123 Å². The lowest BCUT2D eigenvalue weighted by molar-refractivity contribution is -0.103. The number of pyridine rings is 2. The summed E-state index contributed by atoms with van der Waals surface area (Å²) in [5.41, 5.74) is 11.5. The quantitative estimate of drug-likeness (QED) is 0.296. The van der Waals surface area contributed by atoms with Crippen LogP contribution >= 0.6 is 15.9 Å². The summed E-state index contributed by atoms with van der Waals surface area (Å²) in [6.45, 7) is 0. The Labute approximate surface area is 206 Å². The summed E-state index contributed by atoms with van der Waals surface area (Å²) in [5.74, 6) is -0.368. The largest absolute Gasteiger partial charge is 0.398 e. The van der Waals surface area contributed by atoms with Crippen LogP contribution in [0.2, 0.25) is 0 Å². The molecule has 3 heterocycles. The third-order valence-electron chi connectivity index (χ3n) is 7.14. The Kier molecular flexibility index (Phi) is 5.89. The van der Waals surface area contributed by atoms with Crippen LogP contribution in [-0.2, 0) is 6.42 Å². The number of hydrogen-bond donors (Lipinski definition) is 4. The van der Waals surface area contributed by atoms with Gasteiger partial charge >= 0.3 is 0 Å². The monoisotopic (exact) mass is 549 g/mol. The van der Waals surface area contributed by atoms with E-state index in [0.29, 0.717) is 32.3 Å². The summed E-state index contributed by atoms with van der Waals surface area (Å²) >= 11 is 3.22. The molecule has 1 fully saturated rings. The average molecular weight is 550 g/mol. The molecule has 11 heteroatoms. The number of alkyl halides is 2. The Morgan fingerprint density at radius 3 is 2.69 bits per heavy atom. The normalized spacial score (nSPS) is 24.7. The molecule has 6 N–H and O–H groups in total. The molecule has 0 unspecified atom stereocenters. The molecular formula is C24H23BrF3N5O2. The van der Waals surface area contributed by atoms with Gasteiger partial charge in [-0.1, -0.05) is 0 Å². The number of nitrogen functional groups attached to an aromatic ring is 2. The van der Waals surface area contributed by atoms with Gasteiger partial charge in [-0.3, -0.25) is 0 Å². The van der Waals surface area contributed by atoms with Crippen molar-refractivity contribution in [2.45, 2.75) is 43.9 Å². The maximum Gasteiger partial charge on any atom is 0.246 e. The van der Waals surface area contributed by atoms with Crippen LogP contribution in [0.5, 0.6) is 0 Å². The zero-order valence-electron chi connectivity index (χ0n) is 18.4. The van der Waals surface area contributed by atoms with E-state index < -0.39 is 35.9 Å². The van der Waals surface area contributed by atoms with Crippen molar-refractivity contribution < 1.29 is 23.4 Å². The molecule has 184 valence electrons. The van der Waals surface area contributed by atoms with E-state index in [1.54, 1.807) is 29.0 Å². The molecule has 3 aromatic heterocycles. The van der Waals surface area contributed by atoms with E-state index in [1.807, 2.05) is 0 Å². The van der Waals surface area contributed by atoms with Gasteiger partial charge in [-0.25, -0.2) is 23.1 Å². The van der Waals surface area contributed by atoms with Gasteiger partial charge in [0.2, 0.25) is 6.43 Å². The molecule has 0 spiro atoms. The van der Waals surface area contributed by atoms with Crippen molar-refractivity contribution in [2.75, 3.05) is 11.5 Å². The summed E-state index contributed by atoms with van der Waals surface area (Å²) in [4.78, 5) is 8.46. The summed E-state index contributed by atoms with van der Waals surface area (Å²) in [7, 11) is 0. The van der Waals surface area contributed by atoms with E-state index in [4.69, 9.17) is 11.5 Å². The van der Waals surface area contributed by atoms with Gasteiger partial charge in [0.05, 0.1) is 27.6 Å². The molecule has 0 aliphatic heterocycles. The second-order valence-corrected chi connectivity index (χ2v) is 9.96. The summed E-state index contributed by atoms with van der Waals surface area (Å²) in [5, 5.41) is 22.6. The van der Waals surface area contributed by atoms with Gasteiger partial charge in [0, 0.05) is 28.9 Å². The Bertz CT molecular complexity index is 1430. The second-order valence-electron chi connectivity index (χ2n) is 9.10. The van der Waals surface area contributed by atoms with Crippen LogP contribution in [0.3, 0.4) is 0 Å². The number of aromatic nitrogens is 3. The van der Waals surface area contributed by atoms with Crippen molar-refractivity contribution in [3.63, 3.8) is 0 Å². The van der Waals surface area contributed by atoms with Crippen LogP contribution in [-0.4, -0.2) is 43.4 Å². The molecule has 0 radical (unpaired) electrons. The highest BCUT2D eigenvalue weighted by molar-refractivity contribution is 9.10. The SMILES string of the molecule is Nc1nc2cc(CC[C@@]3(C(F)F)C[C@@H](n4ccc5c(N)ccnc54)[C@H](O)[C@@H]3O)cc(F)c2cc1Br. The number of halogens is 4. The van der Waals surface area contributed by atoms with Gasteiger partial charge in [-0.05, 0) is 71.1 Å². The smallest absolute Gasteiger partial charge is 0.246 e. The molecular weight excluding hydrogens is 527 g/mol. The number of nitrogens with two attached hydrogens (primary N) is 2. The Balaban J connectivity index is 1.47. The average Bonchev–Trinajstić information content (AvgIpc) is 3.35. The van der Waals surface area contributed by atoms with Crippen molar-refractivity contribution >= 4 is 49.4 Å². The van der Waals surface area contributed by atoms with Gasteiger partial charge in [-0.15, -0.1) is 0 Å². The lowest BCUT2D eigenvalue weighted by Gasteiger charge is -2.32. The fourth-order valence-electron chi connectivity index (χ4n) is 5.17. The van der Waals surface area contributed by atoms with Crippen LogP contribution < -0.4 is 11.5 Å². The number of aliphatic hydroxyl groups is 2. The standard InChI is InChI=1S/C24H23BrF3N5O2/c25-14-9-13-15(26)7-11(8-17(13)32-21(14)30)1-4-24(23(27)28)10-18(19(34)20(24)35)33-6-3-12-16(29)2-5-31-22(12)33/h2-3,5-9,18-20,23,34-35H,1,4,10H2,(H2,29,31)(H2,30,32)/t18-,19+,20+,24-/m1/s1. The van der Waals surface area contributed by atoms with Crippen LogP contribution in [0.1, 0.15) is 24.4 Å². The molecule has 5 rings (SSSR count). The predicted molar refractivity (Wildman–Crippen MR) is 130 cm³/mol. The highest BCUT2D eigenvalue weighted by atomic mass is 79.9. The number of benzene rings is 1. The van der Waals surface area contributed by atoms with Gasteiger partial charge in [-0.2, -0.15) is 0 Å². The van der Waals surface area contributed by atoms with Crippen LogP contribution in [0, 0.1) is 11.2 Å². The lowest BCUT2D eigenvalue weighted by Crippen LogP contribution is -2.42. The zero-order valence-corrected chi connectivity index (χ0v) is 20.0. The minimum Gasteiger partial charge on any atom is -0.398 e. The van der Waals surface area contributed by atoms with Crippen LogP contribution in [0.25, 0.3) is 21.9 Å². The Morgan fingerprint density at radius 1 is 1.17 bits per heavy atom. The molecule has 4 aromatic rings. The zero-order chi connectivity index (χ0) is 25.1. The van der Waals surface area contributed by atoms with Crippen molar-refractivity contribution in [1.82, 2.24) is 14.5 Å². The van der Waals surface area contributed by atoms with Gasteiger partial charge in [0.1, 0.15) is 23.4 Å². The minimum absolute atomic E-state index is 0.0446. The van der Waals surface area contributed by atoms with Gasteiger partial charge < -0.3 is 26.2 Å². The first kappa shape index (κ1) is 23.8. The minimum atomic E-state index is -2.92. The fraction of sp³-hybridized carbons (Fsp3) is 0.333. The predicted octanol–water partition coefficient (Wildman–Crippen LogP) is 4.20. The second kappa shape index (κ2) is 8.65. The van der Waals surface area contributed by atoms with Crippen molar-refractivity contribution in [1.29, 1.82) is 0 Å². The summed E-state index contributed by atoms with van der Waals surface area (Å²) in [6, 6.07) is 6.88. The van der Waals surface area contributed by atoms with E-state index in [0.717, 1.165) is 0 Å². The number of aliphatic hydroxyl groups excluding tert-OH is 2. The molecule has 35 heavy (non-hydrogen) atoms. The van der Waals surface area contributed by atoms with Crippen LogP contribution in [0.15, 0.2) is 47.2 Å².